The molecule has 19 heavy (non-hydrogen) atoms. The van der Waals surface area contributed by atoms with E-state index in [2.05, 4.69) is 11.8 Å². The van der Waals surface area contributed by atoms with E-state index in [4.69, 9.17) is 10.5 Å². The molecule has 1 aromatic rings. The van der Waals surface area contributed by atoms with Gasteiger partial charge in [-0.25, -0.2) is 0 Å². The van der Waals surface area contributed by atoms with Gasteiger partial charge < -0.3 is 15.4 Å². The van der Waals surface area contributed by atoms with Crippen LogP contribution in [0.3, 0.4) is 0 Å². The van der Waals surface area contributed by atoms with Gasteiger partial charge in [0.1, 0.15) is 0 Å². The molecule has 0 spiro atoms. The lowest BCUT2D eigenvalue weighted by atomic mass is 10.2. The Hall–Kier alpha value is -1.35. The van der Waals surface area contributed by atoms with Crippen LogP contribution in [0.4, 0.5) is 0 Å². The molecule has 5 heteroatoms. The van der Waals surface area contributed by atoms with Gasteiger partial charge in [-0.3, -0.25) is 4.79 Å². The minimum absolute atomic E-state index is 0.0547. The molecule has 0 radical (unpaired) electrons. The summed E-state index contributed by atoms with van der Waals surface area (Å²) in [6.07, 6.45) is 0.172. The van der Waals surface area contributed by atoms with E-state index in [-0.39, 0.29) is 18.1 Å². The maximum Gasteiger partial charge on any atom is 0.254 e. The summed E-state index contributed by atoms with van der Waals surface area (Å²) in [5.74, 6) is 5.80. The first kappa shape index (κ1) is 14.1. The summed E-state index contributed by atoms with van der Waals surface area (Å²) in [7, 11) is 0. The second-order valence-electron chi connectivity index (χ2n) is 4.67. The minimum atomic E-state index is 0.0547. The first-order chi connectivity index (χ1) is 9.10. The van der Waals surface area contributed by atoms with Gasteiger partial charge >= 0.3 is 0 Å². The molecule has 1 amide bonds. The second kappa shape index (κ2) is 6.20. The number of ether oxygens (including phenoxy) is 1. The van der Waals surface area contributed by atoms with Crippen LogP contribution in [0.15, 0.2) is 11.4 Å². The minimum Gasteiger partial charge on any atom is -0.372 e. The van der Waals surface area contributed by atoms with Gasteiger partial charge in [0.25, 0.3) is 5.91 Å². The molecule has 2 unspecified atom stereocenters. The average Bonchev–Trinajstić information content (AvgIpc) is 2.83. The Labute approximate surface area is 117 Å². The van der Waals surface area contributed by atoms with Crippen molar-refractivity contribution in [3.63, 3.8) is 0 Å². The first-order valence-electron chi connectivity index (χ1n) is 6.32. The highest BCUT2D eigenvalue weighted by molar-refractivity contribution is 7.10. The van der Waals surface area contributed by atoms with Gasteiger partial charge in [-0.1, -0.05) is 11.8 Å². The largest absolute Gasteiger partial charge is 0.372 e. The van der Waals surface area contributed by atoms with Crippen LogP contribution < -0.4 is 5.73 Å². The fourth-order valence-corrected chi connectivity index (χ4v) is 2.93. The van der Waals surface area contributed by atoms with Crippen LogP contribution in [0.5, 0.6) is 0 Å². The Morgan fingerprint density at radius 3 is 2.84 bits per heavy atom. The molecule has 2 N–H and O–H groups in total. The smallest absolute Gasteiger partial charge is 0.254 e. The molecule has 0 saturated carbocycles. The summed E-state index contributed by atoms with van der Waals surface area (Å²) in [5.41, 5.74) is 6.03. The lowest BCUT2D eigenvalue weighted by Crippen LogP contribution is -2.48. The van der Waals surface area contributed by atoms with Crippen molar-refractivity contribution in [2.75, 3.05) is 19.6 Å². The molecule has 0 aliphatic carbocycles. The quantitative estimate of drug-likeness (QED) is 0.788. The predicted octanol–water partition coefficient (Wildman–Crippen LogP) is 1.31. The number of rotatable bonds is 1. The third-order valence-corrected chi connectivity index (χ3v) is 3.71. The van der Waals surface area contributed by atoms with E-state index in [0.717, 1.165) is 4.88 Å². The average molecular weight is 278 g/mol. The highest BCUT2D eigenvalue weighted by Gasteiger charge is 2.26. The fraction of sp³-hybridized carbons (Fsp3) is 0.500. The lowest BCUT2D eigenvalue weighted by Gasteiger charge is -2.35. The zero-order chi connectivity index (χ0) is 13.8. The molecule has 2 heterocycles. The van der Waals surface area contributed by atoms with Crippen LogP contribution in [0, 0.1) is 11.8 Å². The monoisotopic (exact) mass is 278 g/mol. The molecule has 1 aromatic heterocycles. The Balaban J connectivity index is 2.08. The van der Waals surface area contributed by atoms with Crippen molar-refractivity contribution in [1.29, 1.82) is 0 Å². The molecular weight excluding hydrogens is 260 g/mol. The molecule has 2 rings (SSSR count). The molecule has 1 fully saturated rings. The van der Waals surface area contributed by atoms with Gasteiger partial charge in [0.15, 0.2) is 0 Å². The highest BCUT2D eigenvalue weighted by Crippen LogP contribution is 2.18. The van der Waals surface area contributed by atoms with Gasteiger partial charge in [-0.05, 0) is 19.9 Å². The van der Waals surface area contributed by atoms with Crippen LogP contribution in [0.25, 0.3) is 0 Å². The van der Waals surface area contributed by atoms with E-state index in [9.17, 15) is 4.79 Å². The van der Waals surface area contributed by atoms with Crippen molar-refractivity contribution in [3.8, 4) is 11.8 Å². The zero-order valence-corrected chi connectivity index (χ0v) is 12.0. The molecule has 4 nitrogen and oxygen atoms in total. The van der Waals surface area contributed by atoms with Crippen LogP contribution in [-0.4, -0.2) is 42.6 Å². The van der Waals surface area contributed by atoms with E-state index in [1.54, 1.807) is 0 Å². The molecule has 1 aliphatic heterocycles. The number of hydrogen-bond donors (Lipinski definition) is 1. The molecule has 1 saturated heterocycles. The maximum absolute atomic E-state index is 12.4. The van der Waals surface area contributed by atoms with E-state index in [1.807, 2.05) is 30.2 Å². The molecule has 2 atom stereocenters. The highest BCUT2D eigenvalue weighted by atomic mass is 32.1. The van der Waals surface area contributed by atoms with E-state index in [0.29, 0.717) is 25.2 Å². The number of nitrogens with zero attached hydrogens (tertiary/aromatic N) is 1. The van der Waals surface area contributed by atoms with Crippen LogP contribution >= 0.6 is 11.3 Å². The standard InChI is InChI=1S/C14H18N2O2S/c1-10-7-16(8-11(2)18-10)14(17)12-6-13(19-9-12)4-3-5-15/h6,9-11H,5,7-8,15H2,1-2H3. The molecule has 0 aromatic carbocycles. The molecular formula is C14H18N2O2S. The lowest BCUT2D eigenvalue weighted by molar-refractivity contribution is -0.0586. The normalized spacial score (nSPS) is 22.8. The van der Waals surface area contributed by atoms with Crippen molar-refractivity contribution in [1.82, 2.24) is 4.90 Å². The Kier molecular flexibility index (Phi) is 4.59. The van der Waals surface area contributed by atoms with Crippen LogP contribution in [-0.2, 0) is 4.74 Å². The van der Waals surface area contributed by atoms with Gasteiger partial charge in [0.2, 0.25) is 0 Å². The summed E-state index contributed by atoms with van der Waals surface area (Å²) in [4.78, 5) is 15.1. The first-order valence-corrected chi connectivity index (χ1v) is 7.20. The van der Waals surface area contributed by atoms with Crippen LogP contribution in [0.2, 0.25) is 0 Å². The number of hydrogen-bond acceptors (Lipinski definition) is 4. The third-order valence-electron chi connectivity index (χ3n) is 2.87. The number of nitrogens with two attached hydrogens (primary N) is 1. The van der Waals surface area contributed by atoms with Crippen molar-refractivity contribution >= 4 is 17.2 Å². The summed E-state index contributed by atoms with van der Waals surface area (Å²) in [6.45, 7) is 5.59. The number of morpholine rings is 1. The number of carbonyl (C=O) groups excluding carboxylic acids is 1. The Bertz CT molecular complexity index is 505. The fourth-order valence-electron chi connectivity index (χ4n) is 2.18. The Morgan fingerprint density at radius 2 is 2.21 bits per heavy atom. The van der Waals surface area contributed by atoms with Gasteiger partial charge in [0, 0.05) is 18.5 Å². The summed E-state index contributed by atoms with van der Waals surface area (Å²) >= 11 is 1.48. The summed E-state index contributed by atoms with van der Waals surface area (Å²) in [5, 5.41) is 1.85. The van der Waals surface area contributed by atoms with Crippen molar-refractivity contribution in [2.24, 2.45) is 5.73 Å². The van der Waals surface area contributed by atoms with Gasteiger partial charge in [-0.2, -0.15) is 0 Å². The third kappa shape index (κ3) is 3.57. The van der Waals surface area contributed by atoms with E-state index >= 15 is 0 Å². The number of amides is 1. The van der Waals surface area contributed by atoms with Gasteiger partial charge in [-0.15, -0.1) is 11.3 Å². The number of carbonyl (C=O) groups is 1. The summed E-state index contributed by atoms with van der Waals surface area (Å²) in [6, 6.07) is 1.83. The van der Waals surface area contributed by atoms with Crippen LogP contribution in [0.1, 0.15) is 29.1 Å². The second-order valence-corrected chi connectivity index (χ2v) is 5.58. The van der Waals surface area contributed by atoms with Crippen molar-refractivity contribution in [3.05, 3.63) is 21.9 Å². The number of thiophene rings is 1. The maximum atomic E-state index is 12.4. The predicted molar refractivity (Wildman–Crippen MR) is 76.2 cm³/mol. The van der Waals surface area contributed by atoms with Crippen molar-refractivity contribution < 1.29 is 9.53 Å². The summed E-state index contributed by atoms with van der Waals surface area (Å²) < 4.78 is 5.63. The topological polar surface area (TPSA) is 55.6 Å². The molecule has 102 valence electrons. The SMILES string of the molecule is CC1CN(C(=O)c2csc(C#CCN)c2)CC(C)O1. The van der Waals surface area contributed by atoms with E-state index < -0.39 is 0 Å². The van der Waals surface area contributed by atoms with Gasteiger partial charge in [0.05, 0.1) is 29.2 Å². The molecule has 1 aliphatic rings. The zero-order valence-electron chi connectivity index (χ0n) is 11.2. The van der Waals surface area contributed by atoms with E-state index in [1.165, 1.54) is 11.3 Å². The molecule has 0 bridgehead atoms. The Morgan fingerprint density at radius 1 is 1.53 bits per heavy atom. The van der Waals surface area contributed by atoms with Crippen molar-refractivity contribution in [2.45, 2.75) is 26.1 Å².